The first-order valence-electron chi connectivity index (χ1n) is 7.65. The van der Waals surface area contributed by atoms with Crippen LogP contribution in [0, 0.1) is 13.8 Å². The molecule has 0 bridgehead atoms. The van der Waals surface area contributed by atoms with Crippen molar-refractivity contribution >= 4 is 5.82 Å². The predicted molar refractivity (Wildman–Crippen MR) is 81.5 cm³/mol. The first-order valence-corrected chi connectivity index (χ1v) is 7.65. The molecule has 0 aliphatic carbocycles. The van der Waals surface area contributed by atoms with E-state index < -0.39 is 0 Å². The van der Waals surface area contributed by atoms with Gasteiger partial charge < -0.3 is 10.1 Å². The third-order valence-corrected chi connectivity index (χ3v) is 3.65. The number of nitrogens with one attached hydrogen (secondary N) is 1. The van der Waals surface area contributed by atoms with E-state index in [4.69, 9.17) is 4.74 Å². The van der Waals surface area contributed by atoms with Crippen LogP contribution >= 0.6 is 0 Å². The molecule has 1 aliphatic heterocycles. The molecule has 5 heteroatoms. The van der Waals surface area contributed by atoms with E-state index in [0.29, 0.717) is 12.5 Å². The summed E-state index contributed by atoms with van der Waals surface area (Å²) in [6.07, 6.45) is 4.00. The maximum absolute atomic E-state index is 5.87. The van der Waals surface area contributed by atoms with E-state index in [1.54, 1.807) is 0 Å². The van der Waals surface area contributed by atoms with Crippen LogP contribution in [0.15, 0.2) is 0 Å². The summed E-state index contributed by atoms with van der Waals surface area (Å²) in [5.74, 6) is 2.35. The van der Waals surface area contributed by atoms with E-state index in [1.165, 1.54) is 32.4 Å². The number of aryl methyl sites for hydroxylation is 1. The minimum atomic E-state index is 0.697. The predicted octanol–water partition coefficient (Wildman–Crippen LogP) is 2.39. The van der Waals surface area contributed by atoms with Crippen molar-refractivity contribution in [2.24, 2.45) is 0 Å². The number of anilines is 1. The maximum atomic E-state index is 5.87. The molecule has 0 amide bonds. The van der Waals surface area contributed by atoms with Gasteiger partial charge in [0.1, 0.15) is 18.2 Å². The second-order valence-corrected chi connectivity index (χ2v) is 5.33. The Morgan fingerprint density at radius 2 is 1.90 bits per heavy atom. The highest BCUT2D eigenvalue weighted by Gasteiger charge is 2.12. The van der Waals surface area contributed by atoms with E-state index in [1.807, 2.05) is 13.8 Å². The highest BCUT2D eigenvalue weighted by molar-refractivity contribution is 5.48. The fourth-order valence-electron chi connectivity index (χ4n) is 2.54. The molecule has 1 N–H and O–H groups in total. The highest BCUT2D eigenvalue weighted by atomic mass is 16.5. The minimum Gasteiger partial charge on any atom is -0.476 e. The van der Waals surface area contributed by atoms with Crippen molar-refractivity contribution in [1.82, 2.24) is 14.9 Å². The quantitative estimate of drug-likeness (QED) is 0.866. The Balaban J connectivity index is 1.91. The molecule has 0 saturated carbocycles. The third-order valence-electron chi connectivity index (χ3n) is 3.65. The molecule has 1 aromatic rings. The van der Waals surface area contributed by atoms with Gasteiger partial charge in [0.25, 0.3) is 0 Å². The first kappa shape index (κ1) is 15.0. The molecule has 2 heterocycles. The molecule has 0 atom stereocenters. The molecular weight excluding hydrogens is 252 g/mol. The van der Waals surface area contributed by atoms with Gasteiger partial charge in [0.15, 0.2) is 0 Å². The zero-order chi connectivity index (χ0) is 14.4. The van der Waals surface area contributed by atoms with E-state index in [0.717, 1.165) is 30.3 Å². The number of hydrogen-bond acceptors (Lipinski definition) is 5. The van der Waals surface area contributed by atoms with Crippen molar-refractivity contribution in [3.63, 3.8) is 0 Å². The van der Waals surface area contributed by atoms with Crippen LogP contribution in [0.4, 0.5) is 5.82 Å². The topological polar surface area (TPSA) is 50.3 Å². The summed E-state index contributed by atoms with van der Waals surface area (Å²) in [5.41, 5.74) is 0.996. The van der Waals surface area contributed by atoms with Crippen molar-refractivity contribution in [2.75, 3.05) is 38.1 Å². The molecule has 0 radical (unpaired) electrons. The first-order chi connectivity index (χ1) is 9.70. The Kier molecular flexibility index (Phi) is 5.59. The molecule has 1 saturated heterocycles. The molecule has 1 aromatic heterocycles. The molecule has 1 aliphatic rings. The van der Waals surface area contributed by atoms with Crippen molar-refractivity contribution in [3.8, 4) is 5.88 Å². The van der Waals surface area contributed by atoms with Gasteiger partial charge in [-0.2, -0.15) is 4.98 Å². The Morgan fingerprint density at radius 1 is 1.15 bits per heavy atom. The van der Waals surface area contributed by atoms with Gasteiger partial charge in [-0.25, -0.2) is 4.98 Å². The van der Waals surface area contributed by atoms with Gasteiger partial charge in [-0.3, -0.25) is 4.90 Å². The summed E-state index contributed by atoms with van der Waals surface area (Å²) >= 11 is 0. The number of likely N-dealkylation sites (tertiary alicyclic amines) is 1. The number of hydrogen-bond donors (Lipinski definition) is 1. The summed E-state index contributed by atoms with van der Waals surface area (Å²) in [6, 6.07) is 0. The smallest absolute Gasteiger partial charge is 0.221 e. The van der Waals surface area contributed by atoms with Gasteiger partial charge in [-0.15, -0.1) is 0 Å². The van der Waals surface area contributed by atoms with E-state index in [-0.39, 0.29) is 0 Å². The number of rotatable bonds is 6. The molecule has 2 rings (SSSR count). The monoisotopic (exact) mass is 278 g/mol. The average molecular weight is 278 g/mol. The van der Waals surface area contributed by atoms with Crippen molar-refractivity contribution in [1.29, 1.82) is 0 Å². The largest absolute Gasteiger partial charge is 0.476 e. The second kappa shape index (κ2) is 7.43. The Hall–Kier alpha value is -1.36. The summed E-state index contributed by atoms with van der Waals surface area (Å²) in [4.78, 5) is 11.3. The van der Waals surface area contributed by atoms with Gasteiger partial charge in [-0.1, -0.05) is 6.42 Å². The van der Waals surface area contributed by atoms with E-state index >= 15 is 0 Å². The average Bonchev–Trinajstić information content (AvgIpc) is 2.45. The van der Waals surface area contributed by atoms with Crippen LogP contribution in [-0.4, -0.2) is 47.7 Å². The van der Waals surface area contributed by atoms with Crippen molar-refractivity contribution < 1.29 is 4.74 Å². The van der Waals surface area contributed by atoms with E-state index in [2.05, 4.69) is 27.1 Å². The molecule has 20 heavy (non-hydrogen) atoms. The Labute approximate surface area is 121 Å². The maximum Gasteiger partial charge on any atom is 0.221 e. The Bertz CT molecular complexity index is 430. The number of aromatic nitrogens is 2. The molecule has 0 unspecified atom stereocenters. The standard InChI is InChI=1S/C15H26N4O/c1-4-16-14-12(2)15(18-13(3)17-14)20-11-10-19-8-6-5-7-9-19/h4-11H2,1-3H3,(H,16,17,18). The van der Waals surface area contributed by atoms with Gasteiger partial charge in [0.2, 0.25) is 5.88 Å². The summed E-state index contributed by atoms with van der Waals surface area (Å²) in [6.45, 7) is 10.9. The minimum absolute atomic E-state index is 0.697. The summed E-state index contributed by atoms with van der Waals surface area (Å²) in [7, 11) is 0. The number of piperidine rings is 1. The highest BCUT2D eigenvalue weighted by Crippen LogP contribution is 2.21. The lowest BCUT2D eigenvalue weighted by molar-refractivity contribution is 0.180. The van der Waals surface area contributed by atoms with Gasteiger partial charge in [0.05, 0.1) is 5.56 Å². The third kappa shape index (κ3) is 4.07. The van der Waals surface area contributed by atoms with Crippen LogP contribution < -0.4 is 10.1 Å². The van der Waals surface area contributed by atoms with Crippen molar-refractivity contribution in [2.45, 2.75) is 40.0 Å². The van der Waals surface area contributed by atoms with Crippen molar-refractivity contribution in [3.05, 3.63) is 11.4 Å². The fourth-order valence-corrected chi connectivity index (χ4v) is 2.54. The number of ether oxygens (including phenoxy) is 1. The summed E-state index contributed by atoms with van der Waals surface area (Å²) in [5, 5.41) is 3.26. The van der Waals surface area contributed by atoms with Crippen LogP contribution in [0.1, 0.15) is 37.6 Å². The van der Waals surface area contributed by atoms with Crippen LogP contribution in [0.3, 0.4) is 0 Å². The van der Waals surface area contributed by atoms with Gasteiger partial charge in [-0.05, 0) is 46.7 Å². The zero-order valence-corrected chi connectivity index (χ0v) is 12.9. The molecule has 5 nitrogen and oxygen atoms in total. The molecule has 112 valence electrons. The van der Waals surface area contributed by atoms with Crippen LogP contribution in [0.25, 0.3) is 0 Å². The lowest BCUT2D eigenvalue weighted by Crippen LogP contribution is -2.33. The van der Waals surface area contributed by atoms with Gasteiger partial charge in [0, 0.05) is 13.1 Å². The van der Waals surface area contributed by atoms with Gasteiger partial charge >= 0.3 is 0 Å². The molecule has 0 spiro atoms. The lowest BCUT2D eigenvalue weighted by Gasteiger charge is -2.26. The van der Waals surface area contributed by atoms with Crippen LogP contribution in [-0.2, 0) is 0 Å². The number of nitrogens with zero attached hydrogens (tertiary/aromatic N) is 3. The zero-order valence-electron chi connectivity index (χ0n) is 12.9. The molecule has 1 fully saturated rings. The molecular formula is C15H26N4O. The summed E-state index contributed by atoms with van der Waals surface area (Å²) < 4.78 is 5.87. The van der Waals surface area contributed by atoms with Crippen LogP contribution in [0.2, 0.25) is 0 Å². The van der Waals surface area contributed by atoms with E-state index in [9.17, 15) is 0 Å². The fraction of sp³-hybridized carbons (Fsp3) is 0.733. The lowest BCUT2D eigenvalue weighted by atomic mass is 10.1. The normalized spacial score (nSPS) is 16.1. The SMILES string of the molecule is CCNc1nc(C)nc(OCCN2CCCCC2)c1C. The Morgan fingerprint density at radius 3 is 2.60 bits per heavy atom. The second-order valence-electron chi connectivity index (χ2n) is 5.33. The molecule has 0 aromatic carbocycles. The van der Waals surface area contributed by atoms with Crippen LogP contribution in [0.5, 0.6) is 5.88 Å².